The second-order valence-electron chi connectivity index (χ2n) is 3.02. The van der Waals surface area contributed by atoms with Crippen LogP contribution in [0.4, 0.5) is 0 Å². The second kappa shape index (κ2) is 10.1. The molecule has 17 heavy (non-hydrogen) atoms. The molecule has 0 saturated carbocycles. The lowest BCUT2D eigenvalue weighted by Crippen LogP contribution is -2.21. The van der Waals surface area contributed by atoms with Crippen molar-refractivity contribution in [2.45, 2.75) is 20.3 Å². The molecule has 0 amide bonds. The Morgan fingerprint density at radius 3 is 2.41 bits per heavy atom. The van der Waals surface area contributed by atoms with Crippen molar-refractivity contribution in [3.8, 4) is 0 Å². The molecule has 0 saturated heterocycles. The van der Waals surface area contributed by atoms with E-state index in [1.54, 1.807) is 13.8 Å². The van der Waals surface area contributed by atoms with E-state index in [9.17, 15) is 9.59 Å². The third-order valence-electron chi connectivity index (χ3n) is 1.67. The van der Waals surface area contributed by atoms with Gasteiger partial charge in [0.2, 0.25) is 0 Å². The Hall–Kier alpha value is -1.04. The van der Waals surface area contributed by atoms with Gasteiger partial charge in [-0.1, -0.05) is 15.9 Å². The molecule has 0 aliphatic heterocycles. The normalized spacial score (nSPS) is 10.9. The second-order valence-corrected chi connectivity index (χ2v) is 3.81. The van der Waals surface area contributed by atoms with Crippen LogP contribution in [0.15, 0.2) is 11.8 Å². The molecule has 5 nitrogen and oxygen atoms in total. The molecule has 0 bridgehead atoms. The Morgan fingerprint density at radius 2 is 1.88 bits per heavy atom. The smallest absolute Gasteiger partial charge is 0.332 e. The van der Waals surface area contributed by atoms with Crippen LogP contribution in [0, 0.1) is 0 Å². The number of nitrogens with one attached hydrogen (secondary N) is 1. The average Bonchev–Trinajstić information content (AvgIpc) is 2.26. The molecule has 0 spiro atoms. The van der Waals surface area contributed by atoms with Crippen molar-refractivity contribution < 1.29 is 19.1 Å². The Morgan fingerprint density at radius 1 is 1.24 bits per heavy atom. The molecule has 0 fully saturated rings. The number of hydrogen-bond donors (Lipinski definition) is 1. The highest BCUT2D eigenvalue weighted by Gasteiger charge is 2.08. The number of esters is 2. The molecule has 0 aliphatic rings. The van der Waals surface area contributed by atoms with E-state index in [1.165, 1.54) is 6.08 Å². The maximum absolute atomic E-state index is 11.3. The Kier molecular flexibility index (Phi) is 9.52. The summed E-state index contributed by atoms with van der Waals surface area (Å²) in [7, 11) is 0. The van der Waals surface area contributed by atoms with Crippen LogP contribution in [0.5, 0.6) is 0 Å². The standard InChI is InChI=1S/C11H18BrNO4/c1-3-16-10(14)7-9(13-6-5-12)8-11(15)17-4-2/h7,13H,3-6,8H2,1-2H3/b9-7-. The molecule has 6 heteroatoms. The van der Waals surface area contributed by atoms with Gasteiger partial charge < -0.3 is 14.8 Å². The predicted molar refractivity (Wildman–Crippen MR) is 67.8 cm³/mol. The molecule has 1 N–H and O–H groups in total. The fraction of sp³-hybridized carbons (Fsp3) is 0.636. The molecule has 0 aromatic heterocycles. The van der Waals surface area contributed by atoms with E-state index in [-0.39, 0.29) is 12.4 Å². The molecule has 0 unspecified atom stereocenters. The van der Waals surface area contributed by atoms with Crippen molar-refractivity contribution in [1.29, 1.82) is 0 Å². The number of alkyl halides is 1. The van der Waals surface area contributed by atoms with Gasteiger partial charge >= 0.3 is 11.9 Å². The first-order chi connectivity index (χ1) is 8.13. The lowest BCUT2D eigenvalue weighted by atomic mass is 10.3. The molecular weight excluding hydrogens is 290 g/mol. The minimum Gasteiger partial charge on any atom is -0.466 e. The van der Waals surface area contributed by atoms with Crippen molar-refractivity contribution in [2.75, 3.05) is 25.1 Å². The van der Waals surface area contributed by atoms with Gasteiger partial charge in [0, 0.05) is 23.6 Å². The lowest BCUT2D eigenvalue weighted by Gasteiger charge is -2.09. The van der Waals surface area contributed by atoms with Crippen LogP contribution in [0.3, 0.4) is 0 Å². The monoisotopic (exact) mass is 307 g/mol. The highest BCUT2D eigenvalue weighted by Crippen LogP contribution is 2.01. The number of carbonyl (C=O) groups excluding carboxylic acids is 2. The summed E-state index contributed by atoms with van der Waals surface area (Å²) in [5, 5.41) is 3.68. The summed E-state index contributed by atoms with van der Waals surface area (Å²) in [5.74, 6) is -0.834. The van der Waals surface area contributed by atoms with Gasteiger partial charge in [0.25, 0.3) is 0 Å². The summed E-state index contributed by atoms with van der Waals surface area (Å²) >= 11 is 3.25. The predicted octanol–water partition coefficient (Wildman–Crippen LogP) is 1.37. The first-order valence-electron chi connectivity index (χ1n) is 5.46. The molecule has 0 rings (SSSR count). The first-order valence-corrected chi connectivity index (χ1v) is 6.58. The SMILES string of the molecule is CCOC(=O)/C=C(/CC(=O)OCC)NCCBr. The van der Waals surface area contributed by atoms with Gasteiger partial charge in [-0.25, -0.2) is 4.79 Å². The van der Waals surface area contributed by atoms with Crippen LogP contribution in [0.2, 0.25) is 0 Å². The summed E-state index contributed by atoms with van der Waals surface area (Å²) in [4.78, 5) is 22.5. The van der Waals surface area contributed by atoms with E-state index in [2.05, 4.69) is 21.2 Å². The number of halogens is 1. The Balaban J connectivity index is 4.40. The fourth-order valence-corrected chi connectivity index (χ4v) is 1.26. The average molecular weight is 308 g/mol. The fourth-order valence-electron chi connectivity index (χ4n) is 1.07. The van der Waals surface area contributed by atoms with Crippen molar-refractivity contribution in [2.24, 2.45) is 0 Å². The van der Waals surface area contributed by atoms with Crippen molar-refractivity contribution in [1.82, 2.24) is 5.32 Å². The van der Waals surface area contributed by atoms with E-state index in [4.69, 9.17) is 9.47 Å². The summed E-state index contributed by atoms with van der Waals surface area (Å²) in [6.07, 6.45) is 1.32. The van der Waals surface area contributed by atoms with E-state index >= 15 is 0 Å². The van der Waals surface area contributed by atoms with Crippen LogP contribution in [0.1, 0.15) is 20.3 Å². The minimum absolute atomic E-state index is 0.0413. The molecular formula is C11H18BrNO4. The molecule has 0 aromatic rings. The summed E-state index contributed by atoms with van der Waals surface area (Å²) in [5.41, 5.74) is 0.501. The highest BCUT2D eigenvalue weighted by atomic mass is 79.9. The van der Waals surface area contributed by atoms with E-state index in [0.29, 0.717) is 25.5 Å². The van der Waals surface area contributed by atoms with Gasteiger partial charge in [-0.05, 0) is 13.8 Å². The van der Waals surface area contributed by atoms with Crippen LogP contribution in [-0.4, -0.2) is 37.0 Å². The summed E-state index contributed by atoms with van der Waals surface area (Å²) in [6.45, 7) is 4.70. The zero-order valence-electron chi connectivity index (χ0n) is 10.1. The van der Waals surface area contributed by atoms with E-state index in [1.807, 2.05) is 0 Å². The van der Waals surface area contributed by atoms with E-state index in [0.717, 1.165) is 5.33 Å². The van der Waals surface area contributed by atoms with Gasteiger partial charge in [-0.3, -0.25) is 4.79 Å². The summed E-state index contributed by atoms with van der Waals surface area (Å²) in [6, 6.07) is 0. The number of rotatable bonds is 8. The van der Waals surface area contributed by atoms with Gasteiger partial charge in [-0.2, -0.15) is 0 Å². The maximum Gasteiger partial charge on any atom is 0.332 e. The highest BCUT2D eigenvalue weighted by molar-refractivity contribution is 9.09. The molecule has 0 atom stereocenters. The third-order valence-corrected chi connectivity index (χ3v) is 2.06. The van der Waals surface area contributed by atoms with Gasteiger partial charge in [0.15, 0.2) is 0 Å². The lowest BCUT2D eigenvalue weighted by molar-refractivity contribution is -0.142. The molecule has 0 radical (unpaired) electrons. The van der Waals surface area contributed by atoms with Gasteiger partial charge in [-0.15, -0.1) is 0 Å². The Labute approximate surface area is 110 Å². The Bertz CT molecular complexity index is 279. The zero-order valence-corrected chi connectivity index (χ0v) is 11.7. The number of ether oxygens (including phenoxy) is 2. The number of hydrogen-bond acceptors (Lipinski definition) is 5. The van der Waals surface area contributed by atoms with Crippen molar-refractivity contribution >= 4 is 27.9 Å². The quantitative estimate of drug-likeness (QED) is 0.417. The van der Waals surface area contributed by atoms with Crippen LogP contribution in [0.25, 0.3) is 0 Å². The van der Waals surface area contributed by atoms with Gasteiger partial charge in [0.1, 0.15) is 0 Å². The molecule has 0 heterocycles. The van der Waals surface area contributed by atoms with Crippen LogP contribution < -0.4 is 5.32 Å². The van der Waals surface area contributed by atoms with Crippen LogP contribution >= 0.6 is 15.9 Å². The van der Waals surface area contributed by atoms with E-state index < -0.39 is 5.97 Å². The zero-order chi connectivity index (χ0) is 13.1. The van der Waals surface area contributed by atoms with Gasteiger partial charge in [0.05, 0.1) is 19.6 Å². The molecule has 0 aliphatic carbocycles. The third kappa shape index (κ3) is 8.74. The van der Waals surface area contributed by atoms with Crippen molar-refractivity contribution in [3.63, 3.8) is 0 Å². The topological polar surface area (TPSA) is 64.6 Å². The number of carbonyl (C=O) groups is 2. The van der Waals surface area contributed by atoms with Crippen molar-refractivity contribution in [3.05, 3.63) is 11.8 Å². The summed E-state index contributed by atoms with van der Waals surface area (Å²) < 4.78 is 9.58. The largest absolute Gasteiger partial charge is 0.466 e. The van der Waals surface area contributed by atoms with Crippen LogP contribution in [-0.2, 0) is 19.1 Å². The first kappa shape index (κ1) is 16.0. The maximum atomic E-state index is 11.3. The molecule has 0 aromatic carbocycles. The molecule has 98 valence electrons. The minimum atomic E-state index is -0.464.